The molecule has 2 fully saturated rings. The van der Waals surface area contributed by atoms with Gasteiger partial charge in [0.05, 0.1) is 17.6 Å². The first kappa shape index (κ1) is 19.9. The van der Waals surface area contributed by atoms with Gasteiger partial charge in [0.15, 0.2) is 0 Å². The Balaban J connectivity index is 2.22. The molecule has 0 aromatic rings. The molecule has 1 aliphatic carbocycles. The van der Waals surface area contributed by atoms with Gasteiger partial charge < -0.3 is 19.8 Å². The molecular formula is C17H27F2NO5. The fourth-order valence-corrected chi connectivity index (χ4v) is 3.83. The van der Waals surface area contributed by atoms with E-state index in [1.807, 2.05) is 0 Å². The summed E-state index contributed by atoms with van der Waals surface area (Å²) in [7, 11) is 0. The first-order valence-electron chi connectivity index (χ1n) is 8.62. The molecule has 0 aromatic heterocycles. The SMILES string of the molecule is CC(C)(C)OC(=O)N1CCCC(O)(C2(C(=O)O)CCC(F)(F)CC2)C1. The summed E-state index contributed by atoms with van der Waals surface area (Å²) in [4.78, 5) is 25.5. The van der Waals surface area contributed by atoms with Gasteiger partial charge >= 0.3 is 12.1 Å². The predicted octanol–water partition coefficient (Wildman–Crippen LogP) is 3.03. The van der Waals surface area contributed by atoms with E-state index in [1.165, 1.54) is 4.90 Å². The number of aliphatic carboxylic acids is 1. The van der Waals surface area contributed by atoms with Crippen LogP contribution >= 0.6 is 0 Å². The monoisotopic (exact) mass is 363 g/mol. The van der Waals surface area contributed by atoms with Crippen LogP contribution in [0.2, 0.25) is 0 Å². The molecule has 144 valence electrons. The highest BCUT2D eigenvalue weighted by molar-refractivity contribution is 5.77. The molecule has 2 rings (SSSR count). The molecule has 6 nitrogen and oxygen atoms in total. The smallest absolute Gasteiger partial charge is 0.410 e. The summed E-state index contributed by atoms with van der Waals surface area (Å²) in [5.74, 6) is -4.19. The number of piperidine rings is 1. The van der Waals surface area contributed by atoms with Crippen LogP contribution in [0.4, 0.5) is 13.6 Å². The Bertz CT molecular complexity index is 536. The first-order valence-corrected chi connectivity index (χ1v) is 8.62. The van der Waals surface area contributed by atoms with Crippen molar-refractivity contribution in [2.75, 3.05) is 13.1 Å². The number of carboxylic acids is 1. The number of likely N-dealkylation sites (tertiary alicyclic amines) is 1. The largest absolute Gasteiger partial charge is 0.481 e. The van der Waals surface area contributed by atoms with Crippen molar-refractivity contribution >= 4 is 12.1 Å². The molecule has 0 radical (unpaired) electrons. The topological polar surface area (TPSA) is 87.1 Å². The van der Waals surface area contributed by atoms with Gasteiger partial charge in [0, 0.05) is 19.4 Å². The number of amides is 1. The number of carbonyl (C=O) groups is 2. The second-order valence-electron chi connectivity index (χ2n) is 8.28. The van der Waals surface area contributed by atoms with E-state index in [0.29, 0.717) is 13.0 Å². The lowest BCUT2D eigenvalue weighted by molar-refractivity contribution is -0.196. The fraction of sp³-hybridized carbons (Fsp3) is 0.882. The van der Waals surface area contributed by atoms with Crippen molar-refractivity contribution in [2.45, 2.75) is 76.4 Å². The Morgan fingerprint density at radius 2 is 1.64 bits per heavy atom. The minimum absolute atomic E-state index is 0.157. The lowest BCUT2D eigenvalue weighted by atomic mass is 9.60. The normalized spacial score (nSPS) is 29.1. The maximum absolute atomic E-state index is 13.5. The summed E-state index contributed by atoms with van der Waals surface area (Å²) in [5, 5.41) is 20.9. The highest BCUT2D eigenvalue weighted by Gasteiger charge is 2.61. The van der Waals surface area contributed by atoms with Crippen molar-refractivity contribution < 1.29 is 33.3 Å². The Hall–Kier alpha value is -1.44. The Morgan fingerprint density at radius 1 is 1.08 bits per heavy atom. The summed E-state index contributed by atoms with van der Waals surface area (Å²) in [6, 6.07) is 0. The van der Waals surface area contributed by atoms with Crippen LogP contribution in [0.15, 0.2) is 0 Å². The molecule has 0 bridgehead atoms. The zero-order valence-corrected chi connectivity index (χ0v) is 15.0. The molecule has 1 aliphatic heterocycles. The molecule has 25 heavy (non-hydrogen) atoms. The van der Waals surface area contributed by atoms with Crippen LogP contribution in [-0.2, 0) is 9.53 Å². The van der Waals surface area contributed by atoms with E-state index < -0.39 is 47.4 Å². The summed E-state index contributed by atoms with van der Waals surface area (Å²) in [6.07, 6.45) is -1.86. The minimum atomic E-state index is -2.91. The van der Waals surface area contributed by atoms with Crippen molar-refractivity contribution in [3.63, 3.8) is 0 Å². The van der Waals surface area contributed by atoms with Gasteiger partial charge in [-0.15, -0.1) is 0 Å². The van der Waals surface area contributed by atoms with Gasteiger partial charge in [-0.3, -0.25) is 4.79 Å². The van der Waals surface area contributed by atoms with E-state index in [2.05, 4.69) is 0 Å². The third kappa shape index (κ3) is 4.04. The number of ether oxygens (including phenoxy) is 1. The zero-order valence-electron chi connectivity index (χ0n) is 15.0. The number of β-amino-alcohol motifs (C(OH)–C–C–N with tert-alkyl or cyclic N) is 1. The number of carbonyl (C=O) groups excluding carboxylic acids is 1. The molecule has 2 aliphatic rings. The van der Waals surface area contributed by atoms with E-state index in [9.17, 15) is 28.6 Å². The third-order valence-corrected chi connectivity index (χ3v) is 5.26. The van der Waals surface area contributed by atoms with Crippen molar-refractivity contribution in [3.8, 4) is 0 Å². The van der Waals surface area contributed by atoms with Gasteiger partial charge in [-0.25, -0.2) is 13.6 Å². The lowest BCUT2D eigenvalue weighted by Gasteiger charge is -2.51. The Kier molecular flexibility index (Phi) is 5.07. The second-order valence-corrected chi connectivity index (χ2v) is 8.28. The van der Waals surface area contributed by atoms with Crippen molar-refractivity contribution in [1.82, 2.24) is 4.90 Å². The van der Waals surface area contributed by atoms with Crippen molar-refractivity contribution in [1.29, 1.82) is 0 Å². The van der Waals surface area contributed by atoms with Crippen LogP contribution in [0.1, 0.15) is 59.3 Å². The Labute approximate surface area is 146 Å². The molecule has 1 amide bonds. The molecule has 1 saturated carbocycles. The van der Waals surface area contributed by atoms with Gasteiger partial charge in [0.1, 0.15) is 5.60 Å². The van der Waals surface area contributed by atoms with Crippen molar-refractivity contribution in [2.24, 2.45) is 5.41 Å². The van der Waals surface area contributed by atoms with E-state index in [4.69, 9.17) is 4.74 Å². The lowest BCUT2D eigenvalue weighted by Crippen LogP contribution is -2.63. The van der Waals surface area contributed by atoms with E-state index in [0.717, 1.165) is 0 Å². The highest BCUT2D eigenvalue weighted by atomic mass is 19.3. The number of nitrogens with zero attached hydrogens (tertiary/aromatic N) is 1. The van der Waals surface area contributed by atoms with Crippen LogP contribution in [0, 0.1) is 5.41 Å². The molecule has 1 unspecified atom stereocenters. The van der Waals surface area contributed by atoms with Crippen LogP contribution in [0.3, 0.4) is 0 Å². The van der Waals surface area contributed by atoms with Gasteiger partial charge in [0.25, 0.3) is 0 Å². The number of alkyl halides is 2. The van der Waals surface area contributed by atoms with Crippen molar-refractivity contribution in [3.05, 3.63) is 0 Å². The quantitative estimate of drug-likeness (QED) is 0.787. The van der Waals surface area contributed by atoms with Crippen LogP contribution in [0.25, 0.3) is 0 Å². The number of rotatable bonds is 2. The van der Waals surface area contributed by atoms with Gasteiger partial charge in [-0.05, 0) is 46.5 Å². The molecule has 1 saturated heterocycles. The third-order valence-electron chi connectivity index (χ3n) is 5.26. The van der Waals surface area contributed by atoms with E-state index in [-0.39, 0.29) is 25.8 Å². The standard InChI is InChI=1S/C17H27F2NO5/c1-14(2,3)25-13(23)20-10-4-5-16(24,11-20)15(12(21)22)6-8-17(18,19)9-7-15/h24H,4-11H2,1-3H3,(H,21,22). The van der Waals surface area contributed by atoms with E-state index in [1.54, 1.807) is 20.8 Å². The molecule has 8 heteroatoms. The number of aliphatic hydroxyl groups is 1. The maximum Gasteiger partial charge on any atom is 0.410 e. The average Bonchev–Trinajstić information content (AvgIpc) is 2.45. The minimum Gasteiger partial charge on any atom is -0.481 e. The number of halogens is 2. The summed E-state index contributed by atoms with van der Waals surface area (Å²) >= 11 is 0. The molecule has 1 heterocycles. The van der Waals surface area contributed by atoms with Crippen LogP contribution in [0.5, 0.6) is 0 Å². The summed E-state index contributed by atoms with van der Waals surface area (Å²) in [6.45, 7) is 5.25. The van der Waals surface area contributed by atoms with Gasteiger partial charge in [-0.1, -0.05) is 0 Å². The molecule has 1 atom stereocenters. The number of carboxylic acid groups (broad SMARTS) is 1. The fourth-order valence-electron chi connectivity index (χ4n) is 3.83. The van der Waals surface area contributed by atoms with Crippen LogP contribution < -0.4 is 0 Å². The van der Waals surface area contributed by atoms with Crippen LogP contribution in [-0.4, -0.2) is 57.4 Å². The zero-order chi connectivity index (χ0) is 19.1. The first-order chi connectivity index (χ1) is 11.3. The van der Waals surface area contributed by atoms with Gasteiger partial charge in [0.2, 0.25) is 5.92 Å². The average molecular weight is 363 g/mol. The molecular weight excluding hydrogens is 336 g/mol. The number of hydrogen-bond donors (Lipinski definition) is 2. The summed E-state index contributed by atoms with van der Waals surface area (Å²) < 4.78 is 32.4. The second kappa shape index (κ2) is 6.37. The number of hydrogen-bond acceptors (Lipinski definition) is 4. The van der Waals surface area contributed by atoms with E-state index >= 15 is 0 Å². The highest BCUT2D eigenvalue weighted by Crippen LogP contribution is 2.52. The van der Waals surface area contributed by atoms with Gasteiger partial charge in [-0.2, -0.15) is 0 Å². The molecule has 0 spiro atoms. The molecule has 2 N–H and O–H groups in total. The summed E-state index contributed by atoms with van der Waals surface area (Å²) in [5.41, 5.74) is -4.14. The maximum atomic E-state index is 13.5. The molecule has 0 aromatic carbocycles. The predicted molar refractivity (Wildman–Crippen MR) is 85.5 cm³/mol. The Morgan fingerprint density at radius 3 is 2.12 bits per heavy atom.